The lowest BCUT2D eigenvalue weighted by molar-refractivity contribution is -0.253. The monoisotopic (exact) mass is 695 g/mol. The molecule has 0 bridgehead atoms. The van der Waals surface area contributed by atoms with Crippen molar-refractivity contribution in [2.24, 2.45) is 0 Å². The van der Waals surface area contributed by atoms with Crippen LogP contribution in [0.1, 0.15) is 159 Å². The molecule has 280 valence electrons. The standard InChI is InChI=1S/C41H65N3O6/c1-3-5-7-9-11-16-27-44(28-17-12-10-8-6-4-2)31-37-30-38(34-25-23-33(32-45)24-26-34)50-41(49-37)35-19-18-20-36(29-35)42-39(46)21-14-13-15-22-40(47)43-48/h18-20,23-26,29,37-38,41,45,48H,3-17,21-22,27-28,30-32H2,1-2H3,(H,42,46)(H,43,47)/t37-,38+,41+/m1/s1. The third-order valence-corrected chi connectivity index (χ3v) is 9.61. The highest BCUT2D eigenvalue weighted by molar-refractivity contribution is 5.90. The molecule has 0 radical (unpaired) electrons. The molecule has 0 spiro atoms. The summed E-state index contributed by atoms with van der Waals surface area (Å²) >= 11 is 0. The number of nitrogens with zero attached hydrogens (tertiary/aromatic N) is 1. The zero-order chi connectivity index (χ0) is 35.8. The summed E-state index contributed by atoms with van der Waals surface area (Å²) in [5, 5.41) is 21.3. The zero-order valence-corrected chi connectivity index (χ0v) is 30.9. The molecule has 0 aromatic heterocycles. The SMILES string of the molecule is CCCCCCCCN(CCCCCCCC)C[C@H]1C[C@@H](c2ccc(CO)cc2)O[C@@H](c2cccc(NC(=O)CCCCCC(=O)NO)c2)O1. The third-order valence-electron chi connectivity index (χ3n) is 9.61. The van der Waals surface area contributed by atoms with Crippen LogP contribution < -0.4 is 10.8 Å². The van der Waals surface area contributed by atoms with Crippen LogP contribution in [0.15, 0.2) is 48.5 Å². The average Bonchev–Trinajstić information content (AvgIpc) is 3.14. The number of nitrogens with one attached hydrogen (secondary N) is 2. The van der Waals surface area contributed by atoms with Gasteiger partial charge >= 0.3 is 0 Å². The fourth-order valence-corrected chi connectivity index (χ4v) is 6.64. The summed E-state index contributed by atoms with van der Waals surface area (Å²) in [6, 6.07) is 15.7. The van der Waals surface area contributed by atoms with Gasteiger partial charge in [0, 0.05) is 37.1 Å². The highest BCUT2D eigenvalue weighted by atomic mass is 16.7. The lowest BCUT2D eigenvalue weighted by atomic mass is 9.99. The number of ether oxygens (including phenoxy) is 2. The molecule has 1 heterocycles. The van der Waals surface area contributed by atoms with Crippen molar-refractivity contribution < 1.29 is 29.4 Å². The van der Waals surface area contributed by atoms with Crippen LogP contribution in [-0.4, -0.2) is 52.8 Å². The molecule has 1 aliphatic rings. The topological polar surface area (TPSA) is 120 Å². The Morgan fingerprint density at radius 1 is 0.740 bits per heavy atom. The van der Waals surface area contributed by atoms with E-state index in [1.165, 1.54) is 77.0 Å². The average molecular weight is 696 g/mol. The predicted octanol–water partition coefficient (Wildman–Crippen LogP) is 9.14. The number of rotatable bonds is 26. The first-order chi connectivity index (χ1) is 24.4. The van der Waals surface area contributed by atoms with Crippen LogP contribution in [-0.2, 0) is 25.7 Å². The van der Waals surface area contributed by atoms with Crippen LogP contribution in [0.25, 0.3) is 0 Å². The van der Waals surface area contributed by atoms with Gasteiger partial charge in [-0.15, -0.1) is 0 Å². The van der Waals surface area contributed by atoms with Crippen molar-refractivity contribution in [3.63, 3.8) is 0 Å². The lowest BCUT2D eigenvalue weighted by Crippen LogP contribution is -2.40. The Labute approximate surface area is 301 Å². The molecular weight excluding hydrogens is 630 g/mol. The summed E-state index contributed by atoms with van der Waals surface area (Å²) in [4.78, 5) is 26.5. The Bertz CT molecular complexity index is 1190. The second kappa shape index (κ2) is 25.2. The highest BCUT2D eigenvalue weighted by Crippen LogP contribution is 2.39. The Morgan fingerprint density at radius 2 is 1.34 bits per heavy atom. The number of unbranched alkanes of at least 4 members (excludes halogenated alkanes) is 12. The minimum absolute atomic E-state index is 0.00535. The van der Waals surface area contributed by atoms with Gasteiger partial charge in [-0.05, 0) is 62.0 Å². The van der Waals surface area contributed by atoms with Crippen molar-refractivity contribution >= 4 is 17.5 Å². The first-order valence-electron chi connectivity index (χ1n) is 19.5. The van der Waals surface area contributed by atoms with Gasteiger partial charge in [-0.1, -0.05) is 121 Å². The minimum atomic E-state index is -0.587. The molecule has 2 aromatic rings. The van der Waals surface area contributed by atoms with Gasteiger partial charge in [-0.2, -0.15) is 0 Å². The van der Waals surface area contributed by atoms with Crippen molar-refractivity contribution in [2.75, 3.05) is 25.0 Å². The van der Waals surface area contributed by atoms with Crippen molar-refractivity contribution in [3.8, 4) is 0 Å². The van der Waals surface area contributed by atoms with E-state index >= 15 is 0 Å². The maximum Gasteiger partial charge on any atom is 0.243 e. The lowest BCUT2D eigenvalue weighted by Gasteiger charge is -2.38. The van der Waals surface area contributed by atoms with Crippen LogP contribution in [0.5, 0.6) is 0 Å². The van der Waals surface area contributed by atoms with E-state index in [0.29, 0.717) is 24.9 Å². The molecule has 1 fully saturated rings. The number of aliphatic hydroxyl groups excluding tert-OH is 1. The number of aliphatic hydroxyl groups is 1. The van der Waals surface area contributed by atoms with E-state index in [-0.39, 0.29) is 31.1 Å². The Kier molecular flexibility index (Phi) is 21.0. The number of hydrogen-bond acceptors (Lipinski definition) is 7. The van der Waals surface area contributed by atoms with E-state index < -0.39 is 12.2 Å². The van der Waals surface area contributed by atoms with Crippen molar-refractivity contribution in [1.82, 2.24) is 10.4 Å². The molecule has 3 atom stereocenters. The van der Waals surface area contributed by atoms with Gasteiger partial charge < -0.3 is 24.8 Å². The molecule has 3 rings (SSSR count). The Balaban J connectivity index is 1.69. The third kappa shape index (κ3) is 16.5. The molecule has 9 nitrogen and oxygen atoms in total. The first kappa shape index (κ1) is 41.6. The molecule has 2 aromatic carbocycles. The van der Waals surface area contributed by atoms with E-state index in [2.05, 4.69) is 24.1 Å². The molecule has 9 heteroatoms. The second-order valence-corrected chi connectivity index (χ2v) is 14.0. The van der Waals surface area contributed by atoms with E-state index in [1.54, 1.807) is 5.48 Å². The number of benzene rings is 2. The van der Waals surface area contributed by atoms with Gasteiger partial charge in [0.1, 0.15) is 0 Å². The van der Waals surface area contributed by atoms with Crippen molar-refractivity contribution in [2.45, 2.75) is 155 Å². The highest BCUT2D eigenvalue weighted by Gasteiger charge is 2.33. The predicted molar refractivity (Wildman–Crippen MR) is 200 cm³/mol. The van der Waals surface area contributed by atoms with E-state index in [0.717, 1.165) is 49.2 Å². The summed E-state index contributed by atoms with van der Waals surface area (Å²) in [5.74, 6) is -0.493. The Morgan fingerprint density at radius 3 is 1.96 bits per heavy atom. The molecule has 4 N–H and O–H groups in total. The summed E-state index contributed by atoms with van der Waals surface area (Å²) in [7, 11) is 0. The summed E-state index contributed by atoms with van der Waals surface area (Å²) in [5.41, 5.74) is 5.13. The molecule has 2 amide bonds. The van der Waals surface area contributed by atoms with Crippen LogP contribution in [0.3, 0.4) is 0 Å². The molecule has 1 aliphatic heterocycles. The van der Waals surface area contributed by atoms with Gasteiger partial charge in [0.25, 0.3) is 0 Å². The van der Waals surface area contributed by atoms with Crippen molar-refractivity contribution in [3.05, 3.63) is 65.2 Å². The summed E-state index contributed by atoms with van der Waals surface area (Å²) in [6.45, 7) is 7.55. The molecule has 0 saturated carbocycles. The molecule has 0 aliphatic carbocycles. The normalized spacial score (nSPS) is 17.6. The van der Waals surface area contributed by atoms with Gasteiger partial charge in [-0.25, -0.2) is 5.48 Å². The van der Waals surface area contributed by atoms with Crippen molar-refractivity contribution in [1.29, 1.82) is 0 Å². The summed E-state index contributed by atoms with van der Waals surface area (Å²) in [6.07, 6.45) is 17.9. The smallest absolute Gasteiger partial charge is 0.243 e. The molecule has 50 heavy (non-hydrogen) atoms. The van der Waals surface area contributed by atoms with Gasteiger partial charge in [0.15, 0.2) is 6.29 Å². The fourth-order valence-electron chi connectivity index (χ4n) is 6.64. The number of carbonyl (C=O) groups excluding carboxylic acids is 2. The maximum atomic E-state index is 12.7. The number of hydrogen-bond donors (Lipinski definition) is 4. The van der Waals surface area contributed by atoms with E-state index in [4.69, 9.17) is 14.7 Å². The minimum Gasteiger partial charge on any atom is -0.392 e. The largest absolute Gasteiger partial charge is 0.392 e. The number of hydroxylamine groups is 1. The van der Waals surface area contributed by atoms with Crippen LogP contribution in [0, 0.1) is 0 Å². The van der Waals surface area contributed by atoms with Gasteiger partial charge in [0.2, 0.25) is 11.8 Å². The molecule has 0 unspecified atom stereocenters. The molecular formula is C41H65N3O6. The zero-order valence-electron chi connectivity index (χ0n) is 30.9. The second-order valence-electron chi connectivity index (χ2n) is 14.0. The van der Waals surface area contributed by atoms with E-state index in [1.807, 2.05) is 48.5 Å². The van der Waals surface area contributed by atoms with Crippen LogP contribution >= 0.6 is 0 Å². The van der Waals surface area contributed by atoms with Crippen LogP contribution in [0.2, 0.25) is 0 Å². The fraction of sp³-hybridized carbons (Fsp3) is 0.659. The first-order valence-corrected chi connectivity index (χ1v) is 19.5. The molecule has 1 saturated heterocycles. The van der Waals surface area contributed by atoms with Gasteiger partial charge in [-0.3, -0.25) is 14.8 Å². The maximum absolute atomic E-state index is 12.7. The summed E-state index contributed by atoms with van der Waals surface area (Å²) < 4.78 is 13.4. The number of anilines is 1. The quantitative estimate of drug-likeness (QED) is 0.0440. The van der Waals surface area contributed by atoms with Crippen LogP contribution in [0.4, 0.5) is 5.69 Å². The number of amides is 2. The van der Waals surface area contributed by atoms with Gasteiger partial charge in [0.05, 0.1) is 18.8 Å². The van der Waals surface area contributed by atoms with E-state index in [9.17, 15) is 14.7 Å². The number of carbonyl (C=O) groups is 2. The Hall–Kier alpha value is -2.82.